The van der Waals surface area contributed by atoms with Gasteiger partial charge in [0.1, 0.15) is 5.75 Å². The van der Waals surface area contributed by atoms with Gasteiger partial charge in [0.25, 0.3) is 0 Å². The summed E-state index contributed by atoms with van der Waals surface area (Å²) in [4.78, 5) is 18.9. The zero-order valence-corrected chi connectivity index (χ0v) is 17.5. The van der Waals surface area contributed by atoms with Crippen molar-refractivity contribution in [1.82, 2.24) is 15.1 Å². The van der Waals surface area contributed by atoms with Crippen molar-refractivity contribution in [3.63, 3.8) is 0 Å². The van der Waals surface area contributed by atoms with Crippen molar-refractivity contribution >= 4 is 11.7 Å². The van der Waals surface area contributed by atoms with E-state index < -0.39 is 0 Å². The Morgan fingerprint density at radius 1 is 1.03 bits per heavy atom. The first-order chi connectivity index (χ1) is 14.2. The zero-order valence-electron chi connectivity index (χ0n) is 17.5. The van der Waals surface area contributed by atoms with Crippen molar-refractivity contribution in [2.75, 3.05) is 58.3 Å². The molecule has 0 aliphatic carbocycles. The number of nitrogens with one attached hydrogen (secondary N) is 1. The molecule has 0 aromatic heterocycles. The van der Waals surface area contributed by atoms with Crippen LogP contribution in [0.1, 0.15) is 12.0 Å². The maximum Gasteiger partial charge on any atom is 0.317 e. The van der Waals surface area contributed by atoms with Crippen molar-refractivity contribution in [3.05, 3.63) is 60.2 Å². The summed E-state index contributed by atoms with van der Waals surface area (Å²) >= 11 is 0. The minimum atomic E-state index is 0.0374. The van der Waals surface area contributed by atoms with Crippen LogP contribution in [0.3, 0.4) is 0 Å². The highest BCUT2D eigenvalue weighted by molar-refractivity contribution is 5.74. The number of urea groups is 1. The monoisotopic (exact) mass is 396 g/mol. The molecule has 1 fully saturated rings. The van der Waals surface area contributed by atoms with E-state index in [-0.39, 0.29) is 6.03 Å². The first kappa shape index (κ1) is 21.0. The molecule has 156 valence electrons. The summed E-state index contributed by atoms with van der Waals surface area (Å²) in [5.41, 5.74) is 2.41. The number of rotatable bonds is 8. The van der Waals surface area contributed by atoms with Gasteiger partial charge in [0.2, 0.25) is 0 Å². The van der Waals surface area contributed by atoms with E-state index in [9.17, 15) is 4.79 Å². The quantitative estimate of drug-likeness (QED) is 0.697. The van der Waals surface area contributed by atoms with Gasteiger partial charge in [-0.05, 0) is 37.7 Å². The third kappa shape index (κ3) is 6.12. The first-order valence-corrected chi connectivity index (χ1v) is 10.3. The van der Waals surface area contributed by atoms with Gasteiger partial charge in [-0.25, -0.2) is 4.79 Å². The molecule has 0 bridgehead atoms. The predicted octanol–water partition coefficient (Wildman–Crippen LogP) is 3.05. The maximum absolute atomic E-state index is 12.5. The minimum absolute atomic E-state index is 0.0374. The standard InChI is InChI=1S/C23H32N4O2/c1-25(19-20-9-4-3-5-10-20)14-8-13-24-23(28)27-17-15-26(16-18-27)21-11-6-7-12-22(21)29-2/h3-7,9-12H,8,13-19H2,1-2H3,(H,24,28). The van der Waals surface area contributed by atoms with Crippen LogP contribution in [0.2, 0.25) is 0 Å². The maximum atomic E-state index is 12.5. The predicted molar refractivity (Wildman–Crippen MR) is 118 cm³/mol. The lowest BCUT2D eigenvalue weighted by Gasteiger charge is -2.36. The number of benzene rings is 2. The molecule has 2 amide bonds. The van der Waals surface area contributed by atoms with Crippen LogP contribution in [-0.4, -0.2) is 69.3 Å². The summed E-state index contributed by atoms with van der Waals surface area (Å²) in [6.07, 6.45) is 0.941. The first-order valence-electron chi connectivity index (χ1n) is 10.3. The lowest BCUT2D eigenvalue weighted by Crippen LogP contribution is -2.52. The molecule has 2 aromatic carbocycles. The molecule has 1 saturated heterocycles. The largest absolute Gasteiger partial charge is 0.495 e. The van der Waals surface area contributed by atoms with Gasteiger partial charge in [-0.3, -0.25) is 0 Å². The van der Waals surface area contributed by atoms with Crippen LogP contribution in [0.4, 0.5) is 10.5 Å². The average Bonchev–Trinajstić information content (AvgIpc) is 2.77. The summed E-state index contributed by atoms with van der Waals surface area (Å²) in [6, 6.07) is 18.5. The number of carbonyl (C=O) groups excluding carboxylic acids is 1. The second-order valence-corrected chi connectivity index (χ2v) is 7.45. The topological polar surface area (TPSA) is 48.1 Å². The number of nitrogens with zero attached hydrogens (tertiary/aromatic N) is 3. The summed E-state index contributed by atoms with van der Waals surface area (Å²) < 4.78 is 5.46. The van der Waals surface area contributed by atoms with Gasteiger partial charge in [-0.2, -0.15) is 0 Å². The van der Waals surface area contributed by atoms with E-state index >= 15 is 0 Å². The molecule has 1 N–H and O–H groups in total. The SMILES string of the molecule is COc1ccccc1N1CCN(C(=O)NCCCN(C)Cc2ccccc2)CC1. The van der Waals surface area contributed by atoms with Gasteiger partial charge in [0.15, 0.2) is 0 Å². The number of carbonyl (C=O) groups is 1. The number of anilines is 1. The van der Waals surface area contributed by atoms with Crippen LogP contribution in [0.5, 0.6) is 5.75 Å². The molecular weight excluding hydrogens is 364 g/mol. The number of methoxy groups -OCH3 is 1. The van der Waals surface area contributed by atoms with Crippen LogP contribution >= 0.6 is 0 Å². The molecule has 3 rings (SSSR count). The number of hydrogen-bond acceptors (Lipinski definition) is 4. The van der Waals surface area contributed by atoms with E-state index in [0.717, 1.165) is 57.1 Å². The van der Waals surface area contributed by atoms with E-state index in [1.54, 1.807) is 7.11 Å². The molecule has 0 atom stereocenters. The number of para-hydroxylation sites is 2. The number of hydrogen-bond donors (Lipinski definition) is 1. The highest BCUT2D eigenvalue weighted by Gasteiger charge is 2.22. The smallest absolute Gasteiger partial charge is 0.317 e. The number of amides is 2. The molecule has 0 unspecified atom stereocenters. The van der Waals surface area contributed by atoms with Gasteiger partial charge in [-0.15, -0.1) is 0 Å². The van der Waals surface area contributed by atoms with Gasteiger partial charge < -0.3 is 24.8 Å². The Labute approximate surface area is 174 Å². The Morgan fingerprint density at radius 3 is 2.45 bits per heavy atom. The van der Waals surface area contributed by atoms with E-state index in [2.05, 4.69) is 52.5 Å². The van der Waals surface area contributed by atoms with Crippen LogP contribution in [-0.2, 0) is 6.54 Å². The second-order valence-electron chi connectivity index (χ2n) is 7.45. The molecule has 0 radical (unpaired) electrons. The fourth-order valence-corrected chi connectivity index (χ4v) is 3.67. The van der Waals surface area contributed by atoms with Crippen molar-refractivity contribution in [3.8, 4) is 5.75 Å². The van der Waals surface area contributed by atoms with Crippen LogP contribution in [0, 0.1) is 0 Å². The molecule has 0 spiro atoms. The van der Waals surface area contributed by atoms with E-state index in [4.69, 9.17) is 4.74 Å². The summed E-state index contributed by atoms with van der Waals surface area (Å²) in [5.74, 6) is 0.880. The highest BCUT2D eigenvalue weighted by Crippen LogP contribution is 2.28. The van der Waals surface area contributed by atoms with Crippen LogP contribution in [0.15, 0.2) is 54.6 Å². The summed E-state index contributed by atoms with van der Waals surface area (Å²) in [5, 5.41) is 3.07. The zero-order chi connectivity index (χ0) is 20.5. The van der Waals surface area contributed by atoms with E-state index in [0.29, 0.717) is 6.54 Å². The molecule has 6 nitrogen and oxygen atoms in total. The van der Waals surface area contributed by atoms with Crippen molar-refractivity contribution in [2.45, 2.75) is 13.0 Å². The molecule has 1 heterocycles. The normalized spacial score (nSPS) is 14.2. The molecule has 2 aromatic rings. The fourth-order valence-electron chi connectivity index (χ4n) is 3.67. The Balaban J connectivity index is 1.34. The molecule has 29 heavy (non-hydrogen) atoms. The van der Waals surface area contributed by atoms with Gasteiger partial charge in [0.05, 0.1) is 12.8 Å². The fraction of sp³-hybridized carbons (Fsp3) is 0.435. The lowest BCUT2D eigenvalue weighted by molar-refractivity contribution is 0.193. The van der Waals surface area contributed by atoms with E-state index in [1.165, 1.54) is 5.56 Å². The molecule has 6 heteroatoms. The third-order valence-corrected chi connectivity index (χ3v) is 5.28. The van der Waals surface area contributed by atoms with Crippen molar-refractivity contribution in [1.29, 1.82) is 0 Å². The lowest BCUT2D eigenvalue weighted by atomic mass is 10.2. The third-order valence-electron chi connectivity index (χ3n) is 5.28. The van der Waals surface area contributed by atoms with Crippen LogP contribution in [0.25, 0.3) is 0 Å². The number of ether oxygens (including phenoxy) is 1. The van der Waals surface area contributed by atoms with Crippen molar-refractivity contribution < 1.29 is 9.53 Å². The van der Waals surface area contributed by atoms with Gasteiger partial charge >= 0.3 is 6.03 Å². The second kappa shape index (κ2) is 10.7. The summed E-state index contributed by atoms with van der Waals surface area (Å²) in [7, 11) is 3.81. The van der Waals surface area contributed by atoms with Crippen LogP contribution < -0.4 is 15.0 Å². The molecular formula is C23H32N4O2. The molecule has 0 saturated carbocycles. The Hall–Kier alpha value is -2.73. The molecule has 1 aliphatic heterocycles. The Bertz CT molecular complexity index is 760. The van der Waals surface area contributed by atoms with E-state index in [1.807, 2.05) is 29.2 Å². The molecule has 1 aliphatic rings. The van der Waals surface area contributed by atoms with Crippen molar-refractivity contribution in [2.24, 2.45) is 0 Å². The van der Waals surface area contributed by atoms with Gasteiger partial charge in [-0.1, -0.05) is 42.5 Å². The Morgan fingerprint density at radius 2 is 1.72 bits per heavy atom. The Kier molecular flexibility index (Phi) is 7.76. The average molecular weight is 397 g/mol. The number of piperazine rings is 1. The minimum Gasteiger partial charge on any atom is -0.495 e. The van der Waals surface area contributed by atoms with Gasteiger partial charge in [0, 0.05) is 39.3 Å². The highest BCUT2D eigenvalue weighted by atomic mass is 16.5. The summed E-state index contributed by atoms with van der Waals surface area (Å²) in [6.45, 7) is 5.65.